The minimum atomic E-state index is -0.427. The smallest absolute Gasteiger partial charge is 0.252 e. The lowest BCUT2D eigenvalue weighted by Crippen LogP contribution is -1.93. The Morgan fingerprint density at radius 1 is 1.25 bits per heavy atom. The third-order valence-electron chi connectivity index (χ3n) is 2.56. The van der Waals surface area contributed by atoms with Gasteiger partial charge in [-0.05, 0) is 35.7 Å². The first-order valence-corrected chi connectivity index (χ1v) is 6.40. The third-order valence-corrected chi connectivity index (χ3v) is 3.25. The van der Waals surface area contributed by atoms with E-state index >= 15 is 0 Å². The molecule has 1 aromatic rings. The fourth-order valence-electron chi connectivity index (χ4n) is 1.56. The van der Waals surface area contributed by atoms with E-state index in [0.717, 1.165) is 18.4 Å². The van der Waals surface area contributed by atoms with E-state index in [1.807, 2.05) is 12.1 Å². The van der Waals surface area contributed by atoms with Crippen molar-refractivity contribution in [3.05, 3.63) is 35.4 Å². The van der Waals surface area contributed by atoms with Crippen molar-refractivity contribution in [3.63, 3.8) is 0 Å². The highest BCUT2D eigenvalue weighted by molar-refractivity contribution is 6.67. The van der Waals surface area contributed by atoms with Crippen LogP contribution >= 0.6 is 23.2 Å². The molecule has 16 heavy (non-hydrogen) atoms. The molecule has 88 valence electrons. The van der Waals surface area contributed by atoms with Gasteiger partial charge in [-0.1, -0.05) is 38.3 Å². The van der Waals surface area contributed by atoms with E-state index in [2.05, 4.69) is 6.92 Å². The van der Waals surface area contributed by atoms with E-state index in [-0.39, 0.29) is 5.38 Å². The molecule has 0 saturated heterocycles. The summed E-state index contributed by atoms with van der Waals surface area (Å²) in [4.78, 5) is 10.9. The molecule has 1 atom stereocenters. The summed E-state index contributed by atoms with van der Waals surface area (Å²) in [7, 11) is 0. The molecule has 0 aliphatic carbocycles. The van der Waals surface area contributed by atoms with Crippen molar-refractivity contribution < 1.29 is 4.79 Å². The maximum Gasteiger partial charge on any atom is 0.252 e. The van der Waals surface area contributed by atoms with Gasteiger partial charge in [0.2, 0.25) is 0 Å². The van der Waals surface area contributed by atoms with Crippen LogP contribution in [0.4, 0.5) is 0 Å². The van der Waals surface area contributed by atoms with Gasteiger partial charge in [0.15, 0.2) is 0 Å². The van der Waals surface area contributed by atoms with Gasteiger partial charge in [-0.25, -0.2) is 0 Å². The van der Waals surface area contributed by atoms with Gasteiger partial charge in [-0.2, -0.15) is 0 Å². The van der Waals surface area contributed by atoms with Crippen LogP contribution in [0.1, 0.15) is 53.9 Å². The van der Waals surface area contributed by atoms with E-state index in [0.29, 0.717) is 5.56 Å². The Morgan fingerprint density at radius 3 is 2.38 bits per heavy atom. The number of carbonyl (C=O) groups is 1. The van der Waals surface area contributed by atoms with Crippen molar-refractivity contribution in [2.45, 2.75) is 38.0 Å². The fourth-order valence-corrected chi connectivity index (χ4v) is 1.99. The SMILES string of the molecule is CCCCCC(Cl)c1ccc(C(=O)Cl)cc1. The summed E-state index contributed by atoms with van der Waals surface area (Å²) in [5, 5.41) is -0.394. The fraction of sp³-hybridized carbons (Fsp3) is 0.462. The standard InChI is InChI=1S/C13H16Cl2O/c1-2-3-4-5-12(14)10-6-8-11(9-7-10)13(15)16/h6-9,12H,2-5H2,1H3. The molecule has 3 heteroatoms. The second-order valence-electron chi connectivity index (χ2n) is 3.86. The minimum absolute atomic E-state index is 0.0334. The molecule has 1 rings (SSSR count). The zero-order valence-electron chi connectivity index (χ0n) is 9.38. The number of benzene rings is 1. The molecule has 1 nitrogen and oxygen atoms in total. The van der Waals surface area contributed by atoms with Gasteiger partial charge in [-0.15, -0.1) is 11.6 Å². The quantitative estimate of drug-likeness (QED) is 0.402. The van der Waals surface area contributed by atoms with Gasteiger partial charge in [0.1, 0.15) is 0 Å². The first-order chi connectivity index (χ1) is 7.65. The zero-order valence-corrected chi connectivity index (χ0v) is 10.9. The van der Waals surface area contributed by atoms with Crippen LogP contribution in [0.3, 0.4) is 0 Å². The number of carbonyl (C=O) groups excluding carboxylic acids is 1. The second-order valence-corrected chi connectivity index (χ2v) is 4.73. The molecule has 0 fully saturated rings. The molecule has 1 aromatic carbocycles. The molecule has 0 amide bonds. The van der Waals surface area contributed by atoms with Crippen LogP contribution in [-0.4, -0.2) is 5.24 Å². The van der Waals surface area contributed by atoms with Gasteiger partial charge in [0, 0.05) is 5.56 Å². The third kappa shape index (κ3) is 4.15. The largest absolute Gasteiger partial charge is 0.276 e. The Labute approximate surface area is 107 Å². The molecule has 0 bridgehead atoms. The zero-order chi connectivity index (χ0) is 12.0. The van der Waals surface area contributed by atoms with E-state index in [1.54, 1.807) is 12.1 Å². The Kier molecular flexibility index (Phi) is 5.86. The predicted octanol–water partition coefficient (Wildman–Crippen LogP) is 4.93. The average molecular weight is 259 g/mol. The van der Waals surface area contributed by atoms with Crippen LogP contribution in [0, 0.1) is 0 Å². The Hall–Kier alpha value is -0.530. The van der Waals surface area contributed by atoms with Gasteiger partial charge >= 0.3 is 0 Å². The maximum atomic E-state index is 10.9. The normalized spacial score (nSPS) is 12.4. The molecule has 0 saturated carbocycles. The van der Waals surface area contributed by atoms with E-state index in [9.17, 15) is 4.79 Å². The highest BCUT2D eigenvalue weighted by Crippen LogP contribution is 2.26. The van der Waals surface area contributed by atoms with Gasteiger partial charge in [-0.3, -0.25) is 4.79 Å². The first kappa shape index (κ1) is 13.5. The Morgan fingerprint density at radius 2 is 1.88 bits per heavy atom. The van der Waals surface area contributed by atoms with Crippen LogP contribution in [0.25, 0.3) is 0 Å². The van der Waals surface area contributed by atoms with Crippen LogP contribution < -0.4 is 0 Å². The second kappa shape index (κ2) is 6.93. The van der Waals surface area contributed by atoms with Crippen molar-refractivity contribution in [2.24, 2.45) is 0 Å². The Balaban J connectivity index is 2.56. The molecule has 0 aromatic heterocycles. The molecule has 0 aliphatic heterocycles. The molecular formula is C13H16Cl2O. The molecule has 1 unspecified atom stereocenters. The summed E-state index contributed by atoms with van der Waals surface area (Å²) >= 11 is 11.6. The van der Waals surface area contributed by atoms with Gasteiger partial charge < -0.3 is 0 Å². The molecule has 0 spiro atoms. The van der Waals surface area contributed by atoms with Crippen molar-refractivity contribution in [3.8, 4) is 0 Å². The van der Waals surface area contributed by atoms with E-state index in [1.165, 1.54) is 12.8 Å². The van der Waals surface area contributed by atoms with Crippen LogP contribution in [0.15, 0.2) is 24.3 Å². The summed E-state index contributed by atoms with van der Waals surface area (Å²) in [6, 6.07) is 7.19. The maximum absolute atomic E-state index is 10.9. The number of hydrogen-bond acceptors (Lipinski definition) is 1. The van der Waals surface area contributed by atoms with Crippen molar-refractivity contribution >= 4 is 28.4 Å². The number of rotatable bonds is 6. The molecule has 0 aliphatic rings. The lowest BCUT2D eigenvalue weighted by molar-refractivity contribution is 0.108. The summed E-state index contributed by atoms with van der Waals surface area (Å²) in [6.07, 6.45) is 4.52. The van der Waals surface area contributed by atoms with Gasteiger partial charge in [0.05, 0.1) is 5.38 Å². The highest BCUT2D eigenvalue weighted by atomic mass is 35.5. The van der Waals surface area contributed by atoms with E-state index < -0.39 is 5.24 Å². The molecule has 0 N–H and O–H groups in total. The number of hydrogen-bond donors (Lipinski definition) is 0. The van der Waals surface area contributed by atoms with E-state index in [4.69, 9.17) is 23.2 Å². The van der Waals surface area contributed by atoms with Crippen LogP contribution in [0.5, 0.6) is 0 Å². The topological polar surface area (TPSA) is 17.1 Å². The predicted molar refractivity (Wildman–Crippen MR) is 69.4 cm³/mol. The van der Waals surface area contributed by atoms with Crippen LogP contribution in [-0.2, 0) is 0 Å². The van der Waals surface area contributed by atoms with Gasteiger partial charge in [0.25, 0.3) is 5.24 Å². The van der Waals surface area contributed by atoms with Crippen molar-refractivity contribution in [1.29, 1.82) is 0 Å². The van der Waals surface area contributed by atoms with Crippen molar-refractivity contribution in [2.75, 3.05) is 0 Å². The lowest BCUT2D eigenvalue weighted by atomic mass is 10.0. The Bertz CT molecular complexity index is 332. The molecule has 0 heterocycles. The molecule has 0 radical (unpaired) electrons. The summed E-state index contributed by atoms with van der Waals surface area (Å²) in [6.45, 7) is 2.17. The summed E-state index contributed by atoms with van der Waals surface area (Å²) in [5.74, 6) is 0. The highest BCUT2D eigenvalue weighted by Gasteiger charge is 2.08. The molecular weight excluding hydrogens is 243 g/mol. The summed E-state index contributed by atoms with van der Waals surface area (Å²) < 4.78 is 0. The average Bonchev–Trinajstić information content (AvgIpc) is 2.29. The number of unbranched alkanes of at least 4 members (excludes halogenated alkanes) is 2. The first-order valence-electron chi connectivity index (χ1n) is 5.59. The van der Waals surface area contributed by atoms with Crippen molar-refractivity contribution in [1.82, 2.24) is 0 Å². The number of alkyl halides is 1. The summed E-state index contributed by atoms with van der Waals surface area (Å²) in [5.41, 5.74) is 1.57. The number of halogens is 2. The minimum Gasteiger partial charge on any atom is -0.276 e. The van der Waals surface area contributed by atoms with Crippen LogP contribution in [0.2, 0.25) is 0 Å². The lowest BCUT2D eigenvalue weighted by Gasteiger charge is -2.09. The monoisotopic (exact) mass is 258 g/mol.